The lowest BCUT2D eigenvalue weighted by atomic mass is 10.1. The third-order valence-corrected chi connectivity index (χ3v) is 3.34. The van der Waals surface area contributed by atoms with Gasteiger partial charge in [0.25, 0.3) is 5.91 Å². The van der Waals surface area contributed by atoms with Gasteiger partial charge in [-0.05, 0) is 6.42 Å². The SMILES string of the molecule is COC(=O)CN(C(C)=O)C(=O)C(CS)NC(=O)CCC(N)C(=O)O. The van der Waals surface area contributed by atoms with Gasteiger partial charge in [-0.1, -0.05) is 0 Å². The number of amides is 3. The van der Waals surface area contributed by atoms with E-state index in [1.807, 2.05) is 0 Å². The number of esters is 1. The number of nitrogens with one attached hydrogen (secondary N) is 1. The Morgan fingerprint density at radius 1 is 1.29 bits per heavy atom. The Kier molecular flexibility index (Phi) is 9.65. The highest BCUT2D eigenvalue weighted by Crippen LogP contribution is 2.02. The number of hydrogen-bond donors (Lipinski definition) is 4. The summed E-state index contributed by atoms with van der Waals surface area (Å²) in [6, 6.07) is -2.36. The maximum atomic E-state index is 12.3. The molecule has 0 aliphatic rings. The molecule has 0 bridgehead atoms. The summed E-state index contributed by atoms with van der Waals surface area (Å²) < 4.78 is 4.40. The molecular weight excluding hydrogens is 342 g/mol. The van der Waals surface area contributed by atoms with Crippen molar-refractivity contribution >= 4 is 42.3 Å². The van der Waals surface area contributed by atoms with Crippen molar-refractivity contribution in [3.05, 3.63) is 0 Å². The van der Waals surface area contributed by atoms with E-state index in [1.54, 1.807) is 0 Å². The van der Waals surface area contributed by atoms with Crippen LogP contribution in [0.25, 0.3) is 0 Å². The first-order chi connectivity index (χ1) is 11.1. The first-order valence-electron chi connectivity index (χ1n) is 6.91. The Morgan fingerprint density at radius 2 is 1.88 bits per heavy atom. The number of rotatable bonds is 9. The largest absolute Gasteiger partial charge is 0.480 e. The zero-order chi connectivity index (χ0) is 18.9. The van der Waals surface area contributed by atoms with Crippen LogP contribution < -0.4 is 11.1 Å². The van der Waals surface area contributed by atoms with Gasteiger partial charge in [0.1, 0.15) is 18.6 Å². The summed E-state index contributed by atoms with van der Waals surface area (Å²) in [7, 11) is 1.11. The molecule has 4 N–H and O–H groups in total. The summed E-state index contributed by atoms with van der Waals surface area (Å²) >= 11 is 3.94. The fourth-order valence-corrected chi connectivity index (χ4v) is 1.84. The van der Waals surface area contributed by atoms with Crippen LogP contribution in [0.2, 0.25) is 0 Å². The number of methoxy groups -OCH3 is 1. The van der Waals surface area contributed by atoms with Gasteiger partial charge < -0.3 is 20.9 Å². The van der Waals surface area contributed by atoms with Crippen molar-refractivity contribution in [2.45, 2.75) is 31.8 Å². The van der Waals surface area contributed by atoms with Gasteiger partial charge in [-0.3, -0.25) is 28.9 Å². The van der Waals surface area contributed by atoms with E-state index in [4.69, 9.17) is 10.8 Å². The van der Waals surface area contributed by atoms with Crippen molar-refractivity contribution < 1.29 is 33.8 Å². The first kappa shape index (κ1) is 21.9. The molecule has 2 atom stereocenters. The molecule has 11 heteroatoms. The summed E-state index contributed by atoms with van der Waals surface area (Å²) in [6.07, 6.45) is -0.338. The Balaban J connectivity index is 4.82. The number of carboxylic acids is 1. The molecule has 0 aliphatic heterocycles. The Labute approximate surface area is 144 Å². The molecule has 0 aromatic heterocycles. The van der Waals surface area contributed by atoms with E-state index in [2.05, 4.69) is 22.7 Å². The molecule has 0 aliphatic carbocycles. The normalized spacial score (nSPS) is 12.7. The van der Waals surface area contributed by atoms with E-state index in [-0.39, 0.29) is 18.6 Å². The molecule has 0 saturated heterocycles. The van der Waals surface area contributed by atoms with Crippen molar-refractivity contribution in [1.29, 1.82) is 0 Å². The molecular formula is C13H21N3O7S. The highest BCUT2D eigenvalue weighted by molar-refractivity contribution is 7.80. The van der Waals surface area contributed by atoms with Crippen LogP contribution in [0, 0.1) is 0 Å². The van der Waals surface area contributed by atoms with Gasteiger partial charge in [0.05, 0.1) is 7.11 Å². The van der Waals surface area contributed by atoms with Gasteiger partial charge in [-0.15, -0.1) is 0 Å². The highest BCUT2D eigenvalue weighted by Gasteiger charge is 2.29. The van der Waals surface area contributed by atoms with Gasteiger partial charge in [-0.2, -0.15) is 12.6 Å². The number of nitrogens with zero attached hydrogens (tertiary/aromatic N) is 1. The Hall–Kier alpha value is -2.14. The third kappa shape index (κ3) is 7.42. The standard InChI is InChI=1S/C13H21N3O7S/c1-7(17)16(5-11(19)23-2)12(20)9(6-24)15-10(18)4-3-8(14)13(21)22/h8-9,24H,3-6,14H2,1-2H3,(H,15,18)(H,21,22). The van der Waals surface area contributed by atoms with Crippen LogP contribution in [0.3, 0.4) is 0 Å². The predicted molar refractivity (Wildman–Crippen MR) is 85.0 cm³/mol. The van der Waals surface area contributed by atoms with Crippen molar-refractivity contribution in [2.75, 3.05) is 19.4 Å². The van der Waals surface area contributed by atoms with E-state index >= 15 is 0 Å². The number of hydrogen-bond acceptors (Lipinski definition) is 8. The third-order valence-electron chi connectivity index (χ3n) is 2.98. The number of nitrogens with two attached hydrogens (primary N) is 1. The zero-order valence-electron chi connectivity index (χ0n) is 13.4. The number of carboxylic acid groups (broad SMARTS) is 1. The second kappa shape index (κ2) is 10.6. The second-order valence-electron chi connectivity index (χ2n) is 4.81. The molecule has 0 spiro atoms. The molecule has 0 fully saturated rings. The summed E-state index contributed by atoms with van der Waals surface area (Å²) in [5, 5.41) is 11.0. The minimum Gasteiger partial charge on any atom is -0.480 e. The highest BCUT2D eigenvalue weighted by atomic mass is 32.1. The van der Waals surface area contributed by atoms with Crippen LogP contribution in [0.1, 0.15) is 19.8 Å². The van der Waals surface area contributed by atoms with Crippen molar-refractivity contribution in [3.8, 4) is 0 Å². The average molecular weight is 363 g/mol. The number of aliphatic carboxylic acids is 1. The minimum absolute atomic E-state index is 0.118. The topological polar surface area (TPSA) is 156 Å². The smallest absolute Gasteiger partial charge is 0.325 e. The molecule has 136 valence electrons. The lowest BCUT2D eigenvalue weighted by molar-refractivity contribution is -0.154. The monoisotopic (exact) mass is 363 g/mol. The maximum absolute atomic E-state index is 12.3. The van der Waals surface area contributed by atoms with Crippen LogP contribution in [-0.2, 0) is 28.7 Å². The van der Waals surface area contributed by atoms with E-state index < -0.39 is 48.3 Å². The molecule has 0 aromatic rings. The van der Waals surface area contributed by atoms with Gasteiger partial charge in [0.2, 0.25) is 11.8 Å². The number of carbonyl (C=O) groups excluding carboxylic acids is 4. The minimum atomic E-state index is -1.24. The van der Waals surface area contributed by atoms with Gasteiger partial charge in [0, 0.05) is 19.1 Å². The number of ether oxygens (including phenoxy) is 1. The second-order valence-corrected chi connectivity index (χ2v) is 5.17. The van der Waals surface area contributed by atoms with Crippen molar-refractivity contribution in [3.63, 3.8) is 0 Å². The summed E-state index contributed by atoms with van der Waals surface area (Å²) in [5.41, 5.74) is 5.28. The lowest BCUT2D eigenvalue weighted by Gasteiger charge is -2.23. The molecule has 3 amide bonds. The number of carbonyl (C=O) groups is 5. The molecule has 10 nitrogen and oxygen atoms in total. The molecule has 0 radical (unpaired) electrons. The summed E-state index contributed by atoms with van der Waals surface area (Å²) in [6.45, 7) is 0.499. The fraction of sp³-hybridized carbons (Fsp3) is 0.615. The molecule has 0 aromatic carbocycles. The predicted octanol–water partition coefficient (Wildman–Crippen LogP) is -1.86. The van der Waals surface area contributed by atoms with Crippen LogP contribution in [0.5, 0.6) is 0 Å². The van der Waals surface area contributed by atoms with Crippen molar-refractivity contribution in [2.24, 2.45) is 5.73 Å². The maximum Gasteiger partial charge on any atom is 0.325 e. The van der Waals surface area contributed by atoms with Gasteiger partial charge in [-0.25, -0.2) is 0 Å². The molecule has 2 unspecified atom stereocenters. The number of imide groups is 1. The van der Waals surface area contributed by atoms with Crippen LogP contribution in [0.4, 0.5) is 0 Å². The van der Waals surface area contributed by atoms with Crippen LogP contribution in [0.15, 0.2) is 0 Å². The van der Waals surface area contributed by atoms with Crippen LogP contribution >= 0.6 is 12.6 Å². The Bertz CT molecular complexity index is 512. The fourth-order valence-electron chi connectivity index (χ4n) is 1.59. The quantitative estimate of drug-likeness (QED) is 0.274. The lowest BCUT2D eigenvalue weighted by Crippen LogP contribution is -2.52. The Morgan fingerprint density at radius 3 is 2.29 bits per heavy atom. The van der Waals surface area contributed by atoms with Crippen molar-refractivity contribution in [1.82, 2.24) is 10.2 Å². The van der Waals surface area contributed by atoms with Crippen LogP contribution in [-0.4, -0.2) is 71.2 Å². The first-order valence-corrected chi connectivity index (χ1v) is 7.54. The average Bonchev–Trinajstić information content (AvgIpc) is 2.53. The van der Waals surface area contributed by atoms with E-state index in [9.17, 15) is 24.0 Å². The molecule has 0 rings (SSSR count). The van der Waals surface area contributed by atoms with E-state index in [0.29, 0.717) is 4.90 Å². The molecule has 24 heavy (non-hydrogen) atoms. The number of thiol groups is 1. The summed E-state index contributed by atoms with van der Waals surface area (Å²) in [5.74, 6) is -4.31. The molecule has 0 heterocycles. The zero-order valence-corrected chi connectivity index (χ0v) is 14.2. The summed E-state index contributed by atoms with van der Waals surface area (Å²) in [4.78, 5) is 58.0. The molecule has 0 saturated carbocycles. The van der Waals surface area contributed by atoms with E-state index in [1.165, 1.54) is 0 Å². The van der Waals surface area contributed by atoms with Gasteiger partial charge >= 0.3 is 11.9 Å². The van der Waals surface area contributed by atoms with Gasteiger partial charge in [0.15, 0.2) is 0 Å². The van der Waals surface area contributed by atoms with E-state index in [0.717, 1.165) is 14.0 Å².